The van der Waals surface area contributed by atoms with E-state index in [-0.39, 0.29) is 5.91 Å². The number of ether oxygens (including phenoxy) is 1. The summed E-state index contributed by atoms with van der Waals surface area (Å²) in [6, 6.07) is 0. The lowest BCUT2D eigenvalue weighted by molar-refractivity contribution is -0.120. The molecule has 0 aromatic carbocycles. The van der Waals surface area contributed by atoms with Crippen LogP contribution in [0.15, 0.2) is 0 Å². The van der Waals surface area contributed by atoms with Gasteiger partial charge in [0.05, 0.1) is 12.6 Å². The number of rotatable bonds is 7. The Labute approximate surface area is 98.1 Å². The highest BCUT2D eigenvalue weighted by molar-refractivity contribution is 5.77. The van der Waals surface area contributed by atoms with Crippen molar-refractivity contribution >= 4 is 5.91 Å². The molecule has 1 unspecified atom stereocenters. The Morgan fingerprint density at radius 2 is 2.31 bits per heavy atom. The Balaban J connectivity index is 1.94. The lowest BCUT2D eigenvalue weighted by Gasteiger charge is -2.22. The van der Waals surface area contributed by atoms with Crippen molar-refractivity contribution < 1.29 is 9.53 Å². The van der Waals surface area contributed by atoms with E-state index in [0.29, 0.717) is 12.6 Å². The third-order valence-corrected chi connectivity index (χ3v) is 2.78. The lowest BCUT2D eigenvalue weighted by atomic mass is 10.1. The van der Waals surface area contributed by atoms with Gasteiger partial charge in [-0.1, -0.05) is 13.3 Å². The van der Waals surface area contributed by atoms with Crippen LogP contribution >= 0.6 is 0 Å². The molecule has 0 spiro atoms. The van der Waals surface area contributed by atoms with Crippen LogP contribution in [0.5, 0.6) is 0 Å². The molecule has 16 heavy (non-hydrogen) atoms. The molecule has 1 aliphatic heterocycles. The average molecular weight is 228 g/mol. The van der Waals surface area contributed by atoms with E-state index in [4.69, 9.17) is 4.74 Å². The van der Waals surface area contributed by atoms with Gasteiger partial charge >= 0.3 is 0 Å². The predicted molar refractivity (Wildman–Crippen MR) is 64.4 cm³/mol. The fourth-order valence-electron chi connectivity index (χ4n) is 1.78. The minimum atomic E-state index is 0.0873. The summed E-state index contributed by atoms with van der Waals surface area (Å²) in [6.07, 6.45) is 6.01. The summed E-state index contributed by atoms with van der Waals surface area (Å²) in [5.74, 6) is 0.0873. The van der Waals surface area contributed by atoms with Crippen molar-refractivity contribution in [3.8, 4) is 0 Å². The molecule has 1 fully saturated rings. The highest BCUT2D eigenvalue weighted by atomic mass is 16.5. The molecule has 0 aromatic heterocycles. The smallest absolute Gasteiger partial charge is 0.233 e. The molecular formula is C12H24N2O2. The van der Waals surface area contributed by atoms with Gasteiger partial charge in [-0.25, -0.2) is 0 Å². The number of amides is 1. The first-order valence-electron chi connectivity index (χ1n) is 6.42. The number of hydrogen-bond acceptors (Lipinski definition) is 3. The van der Waals surface area contributed by atoms with E-state index >= 15 is 0 Å². The van der Waals surface area contributed by atoms with E-state index in [9.17, 15) is 4.79 Å². The summed E-state index contributed by atoms with van der Waals surface area (Å²) in [5, 5.41) is 6.02. The molecule has 0 aromatic rings. The largest absolute Gasteiger partial charge is 0.377 e. The van der Waals surface area contributed by atoms with Gasteiger partial charge in [0.25, 0.3) is 0 Å². The van der Waals surface area contributed by atoms with Crippen LogP contribution in [0, 0.1) is 0 Å². The molecule has 1 aliphatic rings. The Bertz CT molecular complexity index is 191. The highest BCUT2D eigenvalue weighted by Crippen LogP contribution is 2.11. The maximum Gasteiger partial charge on any atom is 0.233 e. The number of carbonyl (C=O) groups is 1. The van der Waals surface area contributed by atoms with Crippen LogP contribution in [0.3, 0.4) is 0 Å². The summed E-state index contributed by atoms with van der Waals surface area (Å²) < 4.78 is 5.56. The van der Waals surface area contributed by atoms with Crippen LogP contribution in [-0.2, 0) is 9.53 Å². The van der Waals surface area contributed by atoms with Gasteiger partial charge < -0.3 is 15.4 Å². The molecule has 94 valence electrons. The molecule has 4 nitrogen and oxygen atoms in total. The average Bonchev–Trinajstić information content (AvgIpc) is 2.31. The highest BCUT2D eigenvalue weighted by Gasteiger charge is 2.13. The van der Waals surface area contributed by atoms with Crippen molar-refractivity contribution in [2.45, 2.75) is 45.1 Å². The third-order valence-electron chi connectivity index (χ3n) is 2.78. The Hall–Kier alpha value is -0.610. The van der Waals surface area contributed by atoms with E-state index in [0.717, 1.165) is 39.0 Å². The molecule has 1 saturated heterocycles. The zero-order valence-electron chi connectivity index (χ0n) is 10.3. The van der Waals surface area contributed by atoms with Crippen molar-refractivity contribution in [2.75, 3.05) is 26.2 Å². The van der Waals surface area contributed by atoms with Crippen LogP contribution in [0.25, 0.3) is 0 Å². The number of nitrogens with one attached hydrogen (secondary N) is 2. The Morgan fingerprint density at radius 1 is 1.44 bits per heavy atom. The number of unbranched alkanes of at least 4 members (excludes halogenated alkanes) is 1. The van der Waals surface area contributed by atoms with E-state index in [1.165, 1.54) is 12.8 Å². The van der Waals surface area contributed by atoms with Crippen LogP contribution in [-0.4, -0.2) is 38.3 Å². The van der Waals surface area contributed by atoms with E-state index in [1.54, 1.807) is 0 Å². The number of hydrogen-bond donors (Lipinski definition) is 2. The van der Waals surface area contributed by atoms with Crippen LogP contribution in [0.1, 0.15) is 39.0 Å². The Morgan fingerprint density at radius 3 is 3.00 bits per heavy atom. The molecule has 2 N–H and O–H groups in total. The van der Waals surface area contributed by atoms with E-state index in [2.05, 4.69) is 17.6 Å². The molecule has 0 bridgehead atoms. The van der Waals surface area contributed by atoms with Gasteiger partial charge in [-0.2, -0.15) is 0 Å². The minimum Gasteiger partial charge on any atom is -0.377 e. The summed E-state index contributed by atoms with van der Waals surface area (Å²) in [7, 11) is 0. The van der Waals surface area contributed by atoms with Crippen LogP contribution in [0.4, 0.5) is 0 Å². The van der Waals surface area contributed by atoms with Gasteiger partial charge in [0.15, 0.2) is 0 Å². The molecular weight excluding hydrogens is 204 g/mol. The zero-order valence-corrected chi connectivity index (χ0v) is 10.3. The first-order valence-corrected chi connectivity index (χ1v) is 6.42. The molecule has 1 rings (SSSR count). The van der Waals surface area contributed by atoms with Gasteiger partial charge in [0.2, 0.25) is 5.91 Å². The fraction of sp³-hybridized carbons (Fsp3) is 0.917. The first-order chi connectivity index (χ1) is 7.83. The summed E-state index contributed by atoms with van der Waals surface area (Å²) >= 11 is 0. The second kappa shape index (κ2) is 8.53. The topological polar surface area (TPSA) is 50.4 Å². The second-order valence-corrected chi connectivity index (χ2v) is 4.32. The monoisotopic (exact) mass is 228 g/mol. The summed E-state index contributed by atoms with van der Waals surface area (Å²) in [6.45, 7) is 4.97. The molecule has 4 heteroatoms. The Kier molecular flexibility index (Phi) is 7.17. The quantitative estimate of drug-likeness (QED) is 0.641. The molecule has 0 radical (unpaired) electrons. The maximum absolute atomic E-state index is 11.3. The first kappa shape index (κ1) is 13.5. The SMILES string of the molecule is CCCCNC(=O)CNCC1CCCCO1. The molecule has 1 heterocycles. The normalized spacial score (nSPS) is 20.7. The van der Waals surface area contributed by atoms with E-state index < -0.39 is 0 Å². The standard InChI is InChI=1S/C12H24N2O2/c1-2-3-7-14-12(15)10-13-9-11-6-4-5-8-16-11/h11,13H,2-10H2,1H3,(H,14,15). The van der Waals surface area contributed by atoms with Gasteiger partial charge in [-0.15, -0.1) is 0 Å². The van der Waals surface area contributed by atoms with Crippen molar-refractivity contribution in [3.63, 3.8) is 0 Å². The summed E-state index contributed by atoms with van der Waals surface area (Å²) in [4.78, 5) is 11.3. The lowest BCUT2D eigenvalue weighted by Crippen LogP contribution is -2.39. The van der Waals surface area contributed by atoms with Crippen LogP contribution < -0.4 is 10.6 Å². The summed E-state index contributed by atoms with van der Waals surface area (Å²) in [5.41, 5.74) is 0. The fourth-order valence-corrected chi connectivity index (χ4v) is 1.78. The predicted octanol–water partition coefficient (Wildman–Crippen LogP) is 1.06. The van der Waals surface area contributed by atoms with Crippen molar-refractivity contribution in [1.82, 2.24) is 10.6 Å². The van der Waals surface area contributed by atoms with Crippen LogP contribution in [0.2, 0.25) is 0 Å². The van der Waals surface area contributed by atoms with Gasteiger partial charge in [0.1, 0.15) is 0 Å². The minimum absolute atomic E-state index is 0.0873. The van der Waals surface area contributed by atoms with Crippen molar-refractivity contribution in [1.29, 1.82) is 0 Å². The van der Waals surface area contributed by atoms with Gasteiger partial charge in [-0.05, 0) is 25.7 Å². The van der Waals surface area contributed by atoms with Gasteiger partial charge in [0, 0.05) is 19.7 Å². The zero-order chi connectivity index (χ0) is 11.6. The van der Waals surface area contributed by atoms with E-state index in [1.807, 2.05) is 0 Å². The van der Waals surface area contributed by atoms with Crippen molar-refractivity contribution in [2.24, 2.45) is 0 Å². The second-order valence-electron chi connectivity index (χ2n) is 4.32. The molecule has 1 atom stereocenters. The van der Waals surface area contributed by atoms with Crippen molar-refractivity contribution in [3.05, 3.63) is 0 Å². The molecule has 0 saturated carbocycles. The maximum atomic E-state index is 11.3. The third kappa shape index (κ3) is 6.08. The molecule has 1 amide bonds. The van der Waals surface area contributed by atoms with Gasteiger partial charge in [-0.3, -0.25) is 4.79 Å². The molecule has 0 aliphatic carbocycles. The number of carbonyl (C=O) groups excluding carboxylic acids is 1.